The predicted octanol–water partition coefficient (Wildman–Crippen LogP) is 0.116. The first-order valence-electron chi connectivity index (χ1n) is 8.81. The standard InChI is InChI=1S/C18H31NO8/c1-9(20)19-11-13(27-16(24)18(5,6)7)12(21)10(26-14(11)22)8-25-15(23)17(2,3)4/h10-14,21-22H,8H2,1-7H3,(H,19,20)/t10-,11-,12+,13-,14-/m1/s1. The molecule has 1 amide bonds. The molecule has 1 heterocycles. The first kappa shape index (κ1) is 23.3. The monoisotopic (exact) mass is 389 g/mol. The van der Waals surface area contributed by atoms with Crippen LogP contribution in [-0.2, 0) is 28.6 Å². The summed E-state index contributed by atoms with van der Waals surface area (Å²) >= 11 is 0. The molecule has 9 heteroatoms. The van der Waals surface area contributed by atoms with Gasteiger partial charge in [-0.2, -0.15) is 0 Å². The van der Waals surface area contributed by atoms with Crippen molar-refractivity contribution >= 4 is 17.8 Å². The van der Waals surface area contributed by atoms with Crippen molar-refractivity contribution in [1.29, 1.82) is 0 Å². The molecule has 0 radical (unpaired) electrons. The molecule has 0 unspecified atom stereocenters. The molecule has 5 atom stereocenters. The summed E-state index contributed by atoms with van der Waals surface area (Å²) in [5.41, 5.74) is -1.62. The Balaban J connectivity index is 2.98. The first-order valence-corrected chi connectivity index (χ1v) is 8.81. The van der Waals surface area contributed by atoms with Gasteiger partial charge in [-0.1, -0.05) is 0 Å². The maximum Gasteiger partial charge on any atom is 0.311 e. The Kier molecular flexibility index (Phi) is 7.37. The summed E-state index contributed by atoms with van der Waals surface area (Å²) in [5.74, 6) is -1.63. The van der Waals surface area contributed by atoms with E-state index in [1.165, 1.54) is 6.92 Å². The Bertz CT molecular complexity index is 563. The van der Waals surface area contributed by atoms with Crippen molar-refractivity contribution in [1.82, 2.24) is 5.32 Å². The van der Waals surface area contributed by atoms with Crippen molar-refractivity contribution in [2.24, 2.45) is 10.8 Å². The van der Waals surface area contributed by atoms with Crippen molar-refractivity contribution < 1.29 is 38.8 Å². The maximum atomic E-state index is 12.3. The number of aliphatic hydroxyl groups excluding tert-OH is 2. The van der Waals surface area contributed by atoms with Crippen LogP contribution >= 0.6 is 0 Å². The molecule has 0 aromatic carbocycles. The third kappa shape index (κ3) is 6.44. The van der Waals surface area contributed by atoms with Crippen molar-refractivity contribution in [2.45, 2.75) is 79.1 Å². The Hall–Kier alpha value is -1.71. The summed E-state index contributed by atoms with van der Waals surface area (Å²) in [4.78, 5) is 35.6. The van der Waals surface area contributed by atoms with Crippen LogP contribution in [-0.4, -0.2) is 65.3 Å². The summed E-state index contributed by atoms with van der Waals surface area (Å²) in [6, 6.07) is -1.17. The number of carbonyl (C=O) groups excluding carboxylic acids is 3. The summed E-state index contributed by atoms with van der Waals surface area (Å²) in [6.45, 7) is 10.8. The average Bonchev–Trinajstić information content (AvgIpc) is 2.49. The number of nitrogens with one attached hydrogen (secondary N) is 1. The number of hydrogen-bond acceptors (Lipinski definition) is 8. The van der Waals surface area contributed by atoms with Gasteiger partial charge in [-0.05, 0) is 41.5 Å². The third-order valence-corrected chi connectivity index (χ3v) is 3.91. The Morgan fingerprint density at radius 1 is 1.00 bits per heavy atom. The lowest BCUT2D eigenvalue weighted by atomic mass is 9.94. The second-order valence-electron chi connectivity index (χ2n) is 8.75. The normalized spacial score (nSPS) is 29.0. The van der Waals surface area contributed by atoms with E-state index in [2.05, 4.69) is 5.32 Å². The quantitative estimate of drug-likeness (QED) is 0.578. The van der Waals surface area contributed by atoms with Crippen LogP contribution in [0.25, 0.3) is 0 Å². The molecular formula is C18H31NO8. The van der Waals surface area contributed by atoms with Crippen molar-refractivity contribution in [2.75, 3.05) is 6.61 Å². The van der Waals surface area contributed by atoms with Crippen LogP contribution in [0.1, 0.15) is 48.5 Å². The van der Waals surface area contributed by atoms with Gasteiger partial charge in [0.25, 0.3) is 0 Å². The molecule has 156 valence electrons. The van der Waals surface area contributed by atoms with E-state index < -0.39 is 59.3 Å². The minimum atomic E-state index is -1.56. The molecule has 27 heavy (non-hydrogen) atoms. The van der Waals surface area contributed by atoms with Gasteiger partial charge in [0.05, 0.1) is 10.8 Å². The first-order chi connectivity index (χ1) is 12.1. The molecule has 0 aliphatic carbocycles. The third-order valence-electron chi connectivity index (χ3n) is 3.91. The molecule has 1 aliphatic rings. The van der Waals surface area contributed by atoms with E-state index in [0.717, 1.165) is 0 Å². The Morgan fingerprint density at radius 2 is 1.52 bits per heavy atom. The van der Waals surface area contributed by atoms with Crippen LogP contribution in [0.5, 0.6) is 0 Å². The number of esters is 2. The molecule has 9 nitrogen and oxygen atoms in total. The lowest BCUT2D eigenvalue weighted by Crippen LogP contribution is -2.65. The highest BCUT2D eigenvalue weighted by Gasteiger charge is 2.48. The zero-order valence-corrected chi connectivity index (χ0v) is 16.9. The van der Waals surface area contributed by atoms with E-state index in [9.17, 15) is 24.6 Å². The summed E-state index contributed by atoms with van der Waals surface area (Å²) in [6.07, 6.45) is -5.39. The topological polar surface area (TPSA) is 131 Å². The lowest BCUT2D eigenvalue weighted by molar-refractivity contribution is -0.262. The van der Waals surface area contributed by atoms with Crippen LogP contribution in [0.4, 0.5) is 0 Å². The van der Waals surface area contributed by atoms with Gasteiger partial charge in [0, 0.05) is 6.92 Å². The van der Waals surface area contributed by atoms with E-state index in [1.807, 2.05) is 0 Å². The Morgan fingerprint density at radius 3 is 1.96 bits per heavy atom. The summed E-state index contributed by atoms with van der Waals surface area (Å²) < 4.78 is 15.8. The van der Waals surface area contributed by atoms with E-state index in [4.69, 9.17) is 14.2 Å². The van der Waals surface area contributed by atoms with Crippen molar-refractivity contribution in [3.63, 3.8) is 0 Å². The smallest absolute Gasteiger partial charge is 0.311 e. The fourth-order valence-corrected chi connectivity index (χ4v) is 2.27. The van der Waals surface area contributed by atoms with Crippen molar-refractivity contribution in [3.05, 3.63) is 0 Å². The Labute approximate surface area is 159 Å². The number of carbonyl (C=O) groups is 3. The zero-order chi connectivity index (χ0) is 21.2. The van der Waals surface area contributed by atoms with Crippen LogP contribution in [0, 0.1) is 10.8 Å². The highest BCUT2D eigenvalue weighted by Crippen LogP contribution is 2.27. The van der Waals surface area contributed by atoms with Gasteiger partial charge >= 0.3 is 11.9 Å². The molecule has 3 N–H and O–H groups in total. The van der Waals surface area contributed by atoms with Gasteiger partial charge in [-0.15, -0.1) is 0 Å². The average molecular weight is 389 g/mol. The zero-order valence-electron chi connectivity index (χ0n) is 16.9. The summed E-state index contributed by atoms with van der Waals surface area (Å²) in [7, 11) is 0. The number of hydrogen-bond donors (Lipinski definition) is 3. The fraction of sp³-hybridized carbons (Fsp3) is 0.833. The van der Waals surface area contributed by atoms with Crippen LogP contribution in [0.3, 0.4) is 0 Å². The lowest BCUT2D eigenvalue weighted by Gasteiger charge is -2.43. The van der Waals surface area contributed by atoms with Gasteiger partial charge < -0.3 is 29.7 Å². The minimum absolute atomic E-state index is 0.343. The number of amides is 1. The minimum Gasteiger partial charge on any atom is -0.462 e. The molecule has 0 spiro atoms. The van der Waals surface area contributed by atoms with Gasteiger partial charge in [-0.3, -0.25) is 14.4 Å². The number of ether oxygens (including phenoxy) is 3. The van der Waals surface area contributed by atoms with Crippen molar-refractivity contribution in [3.8, 4) is 0 Å². The van der Waals surface area contributed by atoms with E-state index in [-0.39, 0.29) is 6.61 Å². The molecule has 0 bridgehead atoms. The number of rotatable bonds is 4. The molecule has 1 fully saturated rings. The SMILES string of the molecule is CC(=O)N[C@@H]1[C@@H](OC(=O)C(C)(C)C)[C@@H](O)[C@@H](COC(=O)C(C)(C)C)O[C@H]1O. The summed E-state index contributed by atoms with van der Waals surface area (Å²) in [5, 5.41) is 23.3. The highest BCUT2D eigenvalue weighted by atomic mass is 16.6. The molecule has 0 aromatic rings. The fourth-order valence-electron chi connectivity index (χ4n) is 2.27. The van der Waals surface area contributed by atoms with Crippen LogP contribution in [0.2, 0.25) is 0 Å². The maximum absolute atomic E-state index is 12.3. The van der Waals surface area contributed by atoms with E-state index >= 15 is 0 Å². The van der Waals surface area contributed by atoms with Gasteiger partial charge in [-0.25, -0.2) is 0 Å². The van der Waals surface area contributed by atoms with E-state index in [1.54, 1.807) is 41.5 Å². The molecular weight excluding hydrogens is 358 g/mol. The second-order valence-corrected chi connectivity index (χ2v) is 8.75. The van der Waals surface area contributed by atoms with Crippen LogP contribution in [0.15, 0.2) is 0 Å². The van der Waals surface area contributed by atoms with Gasteiger partial charge in [0.15, 0.2) is 12.4 Å². The molecule has 1 aliphatic heterocycles. The van der Waals surface area contributed by atoms with Gasteiger partial charge in [0.1, 0.15) is 24.9 Å². The second kappa shape index (κ2) is 8.53. The van der Waals surface area contributed by atoms with Gasteiger partial charge in [0.2, 0.25) is 5.91 Å². The molecule has 0 saturated carbocycles. The largest absolute Gasteiger partial charge is 0.462 e. The molecule has 1 saturated heterocycles. The number of aliphatic hydroxyl groups is 2. The molecule has 1 rings (SSSR count). The molecule has 0 aromatic heterocycles. The highest BCUT2D eigenvalue weighted by molar-refractivity contribution is 5.76. The van der Waals surface area contributed by atoms with E-state index in [0.29, 0.717) is 0 Å². The van der Waals surface area contributed by atoms with Crippen LogP contribution < -0.4 is 5.32 Å². The predicted molar refractivity (Wildman–Crippen MR) is 94.2 cm³/mol.